The lowest BCUT2D eigenvalue weighted by atomic mass is 10.0. The highest BCUT2D eigenvalue weighted by molar-refractivity contribution is 7.88. The normalized spacial score (nSPS) is 18.8. The fourth-order valence-electron chi connectivity index (χ4n) is 3.13. The number of nitrogens with one attached hydrogen (secondary N) is 1. The third-order valence-corrected chi connectivity index (χ3v) is 5.61. The van der Waals surface area contributed by atoms with Crippen molar-refractivity contribution in [1.82, 2.24) is 14.2 Å². The predicted octanol–water partition coefficient (Wildman–Crippen LogP) is 1.01. The van der Waals surface area contributed by atoms with Crippen molar-refractivity contribution in [2.75, 3.05) is 32.4 Å². The van der Waals surface area contributed by atoms with Crippen LogP contribution in [0, 0.1) is 5.82 Å². The topological polar surface area (TPSA) is 93.7 Å². The zero-order chi connectivity index (χ0) is 17.5. The molecule has 1 aromatic carbocycles. The SMILES string of the molecule is CS(=O)(=O)N1CCN([C@H](C(=O)O)c2c[nH]c3cc(F)ccc23)CC1. The second-order valence-corrected chi connectivity index (χ2v) is 7.86. The Bertz CT molecular complexity index is 872. The predicted molar refractivity (Wildman–Crippen MR) is 86.6 cm³/mol. The summed E-state index contributed by atoms with van der Waals surface area (Å²) in [6, 6.07) is 3.25. The van der Waals surface area contributed by atoms with Gasteiger partial charge in [0.1, 0.15) is 11.9 Å². The largest absolute Gasteiger partial charge is 0.480 e. The van der Waals surface area contributed by atoms with Crippen molar-refractivity contribution < 1.29 is 22.7 Å². The van der Waals surface area contributed by atoms with E-state index in [0.29, 0.717) is 29.6 Å². The Labute approximate surface area is 138 Å². The molecule has 1 aliphatic rings. The third-order valence-electron chi connectivity index (χ3n) is 4.31. The average Bonchev–Trinajstić information content (AvgIpc) is 2.89. The molecule has 3 rings (SSSR count). The Morgan fingerprint density at radius 3 is 2.54 bits per heavy atom. The minimum absolute atomic E-state index is 0.250. The Balaban J connectivity index is 1.89. The van der Waals surface area contributed by atoms with Crippen LogP contribution in [0.3, 0.4) is 0 Å². The molecule has 1 aromatic heterocycles. The fraction of sp³-hybridized carbons (Fsp3) is 0.400. The molecule has 24 heavy (non-hydrogen) atoms. The number of aromatic nitrogens is 1. The van der Waals surface area contributed by atoms with Gasteiger partial charge in [0.15, 0.2) is 0 Å². The minimum atomic E-state index is -3.28. The lowest BCUT2D eigenvalue weighted by Crippen LogP contribution is -2.50. The van der Waals surface area contributed by atoms with E-state index in [1.807, 2.05) is 0 Å². The number of aromatic amines is 1. The molecule has 2 heterocycles. The van der Waals surface area contributed by atoms with Crippen LogP contribution < -0.4 is 0 Å². The zero-order valence-corrected chi connectivity index (χ0v) is 13.9. The van der Waals surface area contributed by atoms with E-state index < -0.39 is 27.9 Å². The number of fused-ring (bicyclic) bond motifs is 1. The van der Waals surface area contributed by atoms with Crippen LogP contribution in [0.15, 0.2) is 24.4 Å². The number of carboxylic acids is 1. The summed E-state index contributed by atoms with van der Waals surface area (Å²) in [5.41, 5.74) is 1.08. The summed E-state index contributed by atoms with van der Waals surface area (Å²) in [6.45, 7) is 1.13. The Morgan fingerprint density at radius 2 is 1.96 bits per heavy atom. The van der Waals surface area contributed by atoms with Gasteiger partial charge in [0.25, 0.3) is 0 Å². The lowest BCUT2D eigenvalue weighted by Gasteiger charge is -2.36. The van der Waals surface area contributed by atoms with E-state index in [2.05, 4.69) is 4.98 Å². The number of benzene rings is 1. The summed E-state index contributed by atoms with van der Waals surface area (Å²) in [4.78, 5) is 16.5. The van der Waals surface area contributed by atoms with E-state index >= 15 is 0 Å². The number of carbonyl (C=O) groups is 1. The Morgan fingerprint density at radius 1 is 1.29 bits per heavy atom. The van der Waals surface area contributed by atoms with Gasteiger partial charge >= 0.3 is 5.97 Å². The molecular weight excluding hydrogens is 337 g/mol. The standard InChI is InChI=1S/C15H18FN3O4S/c1-24(22,23)19-6-4-18(5-7-19)14(15(20)21)12-9-17-13-8-10(16)2-3-11(12)13/h2-3,8-9,14,17H,4-7H2,1H3,(H,20,21)/t14-/m0/s1. The molecule has 9 heteroatoms. The molecule has 130 valence electrons. The maximum atomic E-state index is 13.3. The smallest absolute Gasteiger partial charge is 0.325 e. The van der Waals surface area contributed by atoms with E-state index in [4.69, 9.17) is 0 Å². The number of H-pyrrole nitrogens is 1. The van der Waals surface area contributed by atoms with Gasteiger partial charge in [-0.1, -0.05) is 0 Å². The van der Waals surface area contributed by atoms with Gasteiger partial charge < -0.3 is 10.1 Å². The first kappa shape index (κ1) is 16.9. The van der Waals surface area contributed by atoms with Gasteiger partial charge in [0.2, 0.25) is 10.0 Å². The highest BCUT2D eigenvalue weighted by Crippen LogP contribution is 2.30. The van der Waals surface area contributed by atoms with Gasteiger partial charge in [-0.05, 0) is 18.2 Å². The molecule has 0 saturated carbocycles. The maximum absolute atomic E-state index is 13.3. The molecule has 2 N–H and O–H groups in total. The Hall–Kier alpha value is -1.97. The maximum Gasteiger partial charge on any atom is 0.325 e. The molecule has 0 amide bonds. The summed E-state index contributed by atoms with van der Waals surface area (Å²) in [5, 5.41) is 10.3. The second-order valence-electron chi connectivity index (χ2n) is 5.87. The van der Waals surface area contributed by atoms with E-state index in [0.717, 1.165) is 6.26 Å². The first-order valence-electron chi connectivity index (χ1n) is 7.46. The summed E-state index contributed by atoms with van der Waals surface area (Å²) < 4.78 is 37.8. The van der Waals surface area contributed by atoms with Crippen molar-refractivity contribution in [3.05, 3.63) is 35.8 Å². The van der Waals surface area contributed by atoms with Gasteiger partial charge in [-0.25, -0.2) is 12.8 Å². The van der Waals surface area contributed by atoms with Gasteiger partial charge in [-0.3, -0.25) is 9.69 Å². The highest BCUT2D eigenvalue weighted by Gasteiger charge is 2.33. The van der Waals surface area contributed by atoms with Crippen molar-refractivity contribution >= 4 is 26.9 Å². The summed E-state index contributed by atoms with van der Waals surface area (Å²) in [6.07, 6.45) is 2.72. The van der Waals surface area contributed by atoms with Crippen LogP contribution in [-0.4, -0.2) is 66.1 Å². The molecule has 7 nitrogen and oxygen atoms in total. The van der Waals surface area contributed by atoms with Crippen LogP contribution >= 0.6 is 0 Å². The number of carboxylic acid groups (broad SMARTS) is 1. The molecule has 0 aliphatic carbocycles. The number of aliphatic carboxylic acids is 1. The van der Waals surface area contributed by atoms with Gasteiger partial charge in [0.05, 0.1) is 6.26 Å². The van der Waals surface area contributed by atoms with Crippen molar-refractivity contribution in [2.45, 2.75) is 6.04 Å². The van der Waals surface area contributed by atoms with Gasteiger partial charge in [-0.15, -0.1) is 0 Å². The Kier molecular flexibility index (Phi) is 4.33. The first-order chi connectivity index (χ1) is 11.3. The molecule has 0 spiro atoms. The molecule has 0 radical (unpaired) electrons. The zero-order valence-electron chi connectivity index (χ0n) is 13.1. The number of sulfonamides is 1. The number of halogens is 1. The number of hydrogen-bond acceptors (Lipinski definition) is 4. The lowest BCUT2D eigenvalue weighted by molar-refractivity contribution is -0.144. The van der Waals surface area contributed by atoms with Crippen LogP contribution in [0.1, 0.15) is 11.6 Å². The summed E-state index contributed by atoms with van der Waals surface area (Å²) in [5.74, 6) is -1.42. The van der Waals surface area contributed by atoms with Gasteiger partial charge in [-0.2, -0.15) is 4.31 Å². The molecule has 0 unspecified atom stereocenters. The number of rotatable bonds is 4. The minimum Gasteiger partial charge on any atom is -0.480 e. The summed E-state index contributed by atoms with van der Waals surface area (Å²) in [7, 11) is -3.28. The summed E-state index contributed by atoms with van der Waals surface area (Å²) >= 11 is 0. The molecule has 0 bridgehead atoms. The van der Waals surface area contributed by atoms with Gasteiger partial charge in [0, 0.05) is 48.8 Å². The molecular formula is C15H18FN3O4S. The van der Waals surface area contributed by atoms with Crippen molar-refractivity contribution in [2.24, 2.45) is 0 Å². The van der Waals surface area contributed by atoms with Crippen LogP contribution in [-0.2, 0) is 14.8 Å². The van der Waals surface area contributed by atoms with Crippen LogP contribution in [0.25, 0.3) is 10.9 Å². The molecule has 2 aromatic rings. The van der Waals surface area contributed by atoms with Crippen LogP contribution in [0.5, 0.6) is 0 Å². The van der Waals surface area contributed by atoms with Crippen molar-refractivity contribution in [3.8, 4) is 0 Å². The highest BCUT2D eigenvalue weighted by atomic mass is 32.2. The van der Waals surface area contributed by atoms with Crippen LogP contribution in [0.2, 0.25) is 0 Å². The van der Waals surface area contributed by atoms with E-state index in [-0.39, 0.29) is 13.1 Å². The van der Waals surface area contributed by atoms with Crippen molar-refractivity contribution in [1.29, 1.82) is 0 Å². The number of piperazine rings is 1. The first-order valence-corrected chi connectivity index (χ1v) is 9.31. The van der Waals surface area contributed by atoms with E-state index in [9.17, 15) is 22.7 Å². The number of hydrogen-bond donors (Lipinski definition) is 2. The quantitative estimate of drug-likeness (QED) is 0.854. The third kappa shape index (κ3) is 3.14. The molecule has 1 atom stereocenters. The fourth-order valence-corrected chi connectivity index (χ4v) is 3.95. The second kappa shape index (κ2) is 6.15. The molecule has 1 saturated heterocycles. The van der Waals surface area contributed by atoms with Crippen molar-refractivity contribution in [3.63, 3.8) is 0 Å². The molecule has 1 aliphatic heterocycles. The average molecular weight is 355 g/mol. The van der Waals surface area contributed by atoms with E-state index in [1.165, 1.54) is 16.4 Å². The molecule has 1 fully saturated rings. The monoisotopic (exact) mass is 355 g/mol. The van der Waals surface area contributed by atoms with E-state index in [1.54, 1.807) is 17.2 Å². The number of nitrogens with zero attached hydrogens (tertiary/aromatic N) is 2. The van der Waals surface area contributed by atoms with Crippen LogP contribution in [0.4, 0.5) is 4.39 Å².